The summed E-state index contributed by atoms with van der Waals surface area (Å²) in [6, 6.07) is 0. The van der Waals surface area contributed by atoms with Crippen molar-refractivity contribution in [1.82, 2.24) is 0 Å². The van der Waals surface area contributed by atoms with Gasteiger partial charge in [-0.05, 0) is 51.4 Å². The highest BCUT2D eigenvalue weighted by Gasteiger charge is 2.15. The van der Waals surface area contributed by atoms with E-state index in [1.54, 1.807) is 0 Å². The van der Waals surface area contributed by atoms with Crippen molar-refractivity contribution >= 4 is 11.9 Å². The lowest BCUT2D eigenvalue weighted by Gasteiger charge is -2.15. The number of rotatable bonds is 25. The average molecular weight is 531 g/mol. The van der Waals surface area contributed by atoms with Crippen LogP contribution in [0.25, 0.3) is 0 Å². The highest BCUT2D eigenvalue weighted by atomic mass is 16.6. The molecule has 0 heterocycles. The molecule has 1 N–H and O–H groups in total. The molecule has 0 aliphatic rings. The molecule has 0 fully saturated rings. The summed E-state index contributed by atoms with van der Waals surface area (Å²) in [6.07, 6.45) is 35.7. The van der Waals surface area contributed by atoms with Crippen LogP contribution in [0.3, 0.4) is 0 Å². The van der Waals surface area contributed by atoms with Gasteiger partial charge in [-0.15, -0.1) is 0 Å². The highest BCUT2D eigenvalue weighted by molar-refractivity contribution is 5.70. The summed E-state index contributed by atoms with van der Waals surface area (Å²) in [4.78, 5) is 23.9. The molecule has 0 bridgehead atoms. The lowest BCUT2D eigenvalue weighted by molar-refractivity contribution is -0.161. The van der Waals surface area contributed by atoms with E-state index in [0.717, 1.165) is 57.8 Å². The monoisotopic (exact) mass is 530 g/mol. The van der Waals surface area contributed by atoms with Crippen LogP contribution in [0.4, 0.5) is 0 Å². The molecule has 0 aromatic rings. The molecular formula is C33H54O5. The summed E-state index contributed by atoms with van der Waals surface area (Å²) in [6.45, 7) is 3.89. The van der Waals surface area contributed by atoms with E-state index in [9.17, 15) is 14.7 Å². The molecular weight excluding hydrogens is 476 g/mol. The van der Waals surface area contributed by atoms with Gasteiger partial charge in [0.15, 0.2) is 6.10 Å². The fraction of sp³-hybridized carbons (Fsp3) is 0.636. The Hall–Kier alpha value is -2.40. The highest BCUT2D eigenvalue weighted by Crippen LogP contribution is 2.10. The van der Waals surface area contributed by atoms with Crippen LogP contribution in [0.1, 0.15) is 117 Å². The molecule has 0 spiro atoms. The molecule has 216 valence electrons. The molecule has 0 unspecified atom stereocenters. The van der Waals surface area contributed by atoms with Gasteiger partial charge in [-0.3, -0.25) is 9.59 Å². The van der Waals surface area contributed by atoms with Gasteiger partial charge in [0.2, 0.25) is 0 Å². The third kappa shape index (κ3) is 26.7. The third-order valence-electron chi connectivity index (χ3n) is 5.83. The van der Waals surface area contributed by atoms with Gasteiger partial charge in [0.05, 0.1) is 6.61 Å². The van der Waals surface area contributed by atoms with Gasteiger partial charge in [0.25, 0.3) is 0 Å². The van der Waals surface area contributed by atoms with E-state index >= 15 is 0 Å². The molecule has 0 aromatic carbocycles. The summed E-state index contributed by atoms with van der Waals surface area (Å²) in [5.41, 5.74) is 0. The first-order chi connectivity index (χ1) is 18.6. The molecule has 0 aliphatic carbocycles. The lowest BCUT2D eigenvalue weighted by atomic mass is 10.1. The van der Waals surface area contributed by atoms with Crippen molar-refractivity contribution in [2.24, 2.45) is 0 Å². The molecule has 1 atom stereocenters. The van der Waals surface area contributed by atoms with Crippen molar-refractivity contribution in [3.8, 4) is 0 Å². The zero-order valence-corrected chi connectivity index (χ0v) is 24.2. The van der Waals surface area contributed by atoms with Crippen molar-refractivity contribution < 1.29 is 24.2 Å². The number of ether oxygens (including phenoxy) is 2. The van der Waals surface area contributed by atoms with E-state index < -0.39 is 6.10 Å². The SMILES string of the molecule is CC/C=C/C/C=C/C/C=C/C/C=C/C/C=C/CCCC(=O)OC[C@H](CO)OC(=O)CCCCCCCCC. The van der Waals surface area contributed by atoms with Crippen LogP contribution in [0.2, 0.25) is 0 Å². The average Bonchev–Trinajstić information content (AvgIpc) is 2.92. The lowest BCUT2D eigenvalue weighted by Crippen LogP contribution is -2.28. The maximum atomic E-state index is 11.9. The number of unbranched alkanes of at least 4 members (excludes halogenated alkanes) is 7. The van der Waals surface area contributed by atoms with Crippen molar-refractivity contribution in [2.45, 2.75) is 123 Å². The Balaban J connectivity index is 3.75. The maximum Gasteiger partial charge on any atom is 0.306 e. The Labute approximate surface area is 232 Å². The molecule has 0 radical (unpaired) electrons. The van der Waals surface area contributed by atoms with Gasteiger partial charge in [-0.1, -0.05) is 113 Å². The van der Waals surface area contributed by atoms with Crippen LogP contribution in [-0.4, -0.2) is 36.4 Å². The minimum atomic E-state index is -0.790. The second-order valence-corrected chi connectivity index (χ2v) is 9.45. The van der Waals surface area contributed by atoms with Crippen LogP contribution in [0, 0.1) is 0 Å². The fourth-order valence-electron chi connectivity index (χ4n) is 3.59. The third-order valence-corrected chi connectivity index (χ3v) is 5.83. The second kappa shape index (κ2) is 29.2. The zero-order valence-electron chi connectivity index (χ0n) is 24.2. The molecule has 0 saturated heterocycles. The molecule has 0 saturated carbocycles. The number of esters is 2. The van der Waals surface area contributed by atoms with Crippen LogP contribution in [-0.2, 0) is 19.1 Å². The van der Waals surface area contributed by atoms with E-state index in [-0.39, 0.29) is 25.2 Å². The first-order valence-electron chi connectivity index (χ1n) is 14.8. The molecule has 38 heavy (non-hydrogen) atoms. The van der Waals surface area contributed by atoms with E-state index in [1.165, 1.54) is 25.7 Å². The summed E-state index contributed by atoms with van der Waals surface area (Å²) < 4.78 is 10.4. The quantitative estimate of drug-likeness (QED) is 0.0728. The first kappa shape index (κ1) is 35.6. The number of allylic oxidation sites excluding steroid dienone is 10. The standard InChI is InChI=1S/C33H54O5/c1-3-5-7-9-11-12-13-14-15-16-17-18-19-20-22-23-25-27-32(35)37-30-31(29-34)38-33(36)28-26-24-21-10-8-6-4-2/h5,7,11-12,14-15,17-18,20,22,31,34H,3-4,6,8-10,13,16,19,21,23-30H2,1-2H3/b7-5+,12-11+,15-14+,18-17+,22-20+/t31-/m0/s1. The number of aliphatic hydroxyl groups excluding tert-OH is 1. The summed E-state index contributed by atoms with van der Waals surface area (Å²) >= 11 is 0. The zero-order chi connectivity index (χ0) is 27.9. The van der Waals surface area contributed by atoms with Crippen molar-refractivity contribution in [1.29, 1.82) is 0 Å². The predicted molar refractivity (Wildman–Crippen MR) is 159 cm³/mol. The number of aliphatic hydroxyl groups is 1. The second-order valence-electron chi connectivity index (χ2n) is 9.45. The minimum Gasteiger partial charge on any atom is -0.462 e. The minimum absolute atomic E-state index is 0.0975. The molecule has 5 heteroatoms. The Morgan fingerprint density at radius 1 is 0.632 bits per heavy atom. The fourth-order valence-corrected chi connectivity index (χ4v) is 3.59. The number of carbonyl (C=O) groups is 2. The van der Waals surface area contributed by atoms with Crippen LogP contribution < -0.4 is 0 Å². The predicted octanol–water partition coefficient (Wildman–Crippen LogP) is 8.50. The van der Waals surface area contributed by atoms with Gasteiger partial charge >= 0.3 is 11.9 Å². The van der Waals surface area contributed by atoms with Gasteiger partial charge in [0, 0.05) is 12.8 Å². The van der Waals surface area contributed by atoms with E-state index in [4.69, 9.17) is 9.47 Å². The van der Waals surface area contributed by atoms with Crippen molar-refractivity contribution in [2.75, 3.05) is 13.2 Å². The van der Waals surface area contributed by atoms with Gasteiger partial charge in [-0.2, -0.15) is 0 Å². The van der Waals surface area contributed by atoms with Crippen LogP contribution in [0.5, 0.6) is 0 Å². The number of carbonyl (C=O) groups excluding carboxylic acids is 2. The molecule has 0 aromatic heterocycles. The molecule has 0 rings (SSSR count). The Morgan fingerprint density at radius 3 is 1.68 bits per heavy atom. The van der Waals surface area contributed by atoms with Gasteiger partial charge in [0.1, 0.15) is 6.61 Å². The summed E-state index contributed by atoms with van der Waals surface area (Å²) in [5.74, 6) is -0.675. The molecule has 0 aliphatic heterocycles. The topological polar surface area (TPSA) is 72.8 Å². The van der Waals surface area contributed by atoms with E-state index in [0.29, 0.717) is 19.3 Å². The van der Waals surface area contributed by atoms with Gasteiger partial charge < -0.3 is 14.6 Å². The normalized spacial score (nSPS) is 13.0. The largest absolute Gasteiger partial charge is 0.462 e. The van der Waals surface area contributed by atoms with Gasteiger partial charge in [-0.25, -0.2) is 0 Å². The Bertz CT molecular complexity index is 702. The molecule has 0 amide bonds. The van der Waals surface area contributed by atoms with E-state index in [2.05, 4.69) is 74.6 Å². The first-order valence-corrected chi connectivity index (χ1v) is 14.8. The van der Waals surface area contributed by atoms with Crippen molar-refractivity contribution in [3.63, 3.8) is 0 Å². The molecule has 5 nitrogen and oxygen atoms in total. The van der Waals surface area contributed by atoms with Crippen LogP contribution in [0.15, 0.2) is 60.8 Å². The number of hydrogen-bond donors (Lipinski definition) is 1. The Morgan fingerprint density at radius 2 is 1.13 bits per heavy atom. The van der Waals surface area contributed by atoms with Crippen LogP contribution >= 0.6 is 0 Å². The van der Waals surface area contributed by atoms with E-state index in [1.807, 2.05) is 0 Å². The van der Waals surface area contributed by atoms with Crippen molar-refractivity contribution in [3.05, 3.63) is 60.8 Å². The maximum absolute atomic E-state index is 11.9. The number of hydrogen-bond acceptors (Lipinski definition) is 5. The summed E-state index contributed by atoms with van der Waals surface area (Å²) in [5, 5.41) is 9.42. The summed E-state index contributed by atoms with van der Waals surface area (Å²) in [7, 11) is 0. The smallest absolute Gasteiger partial charge is 0.306 e. The Kier molecular flexibility index (Phi) is 27.3.